The Morgan fingerprint density at radius 2 is 2.03 bits per heavy atom. The number of amides is 1. The number of aromatic amines is 1. The summed E-state index contributed by atoms with van der Waals surface area (Å²) in [6, 6.07) is 13.3. The molecule has 2 heterocycles. The first-order valence-corrected chi connectivity index (χ1v) is 11.1. The van der Waals surface area contributed by atoms with E-state index in [2.05, 4.69) is 11.6 Å². The second-order valence-electron chi connectivity index (χ2n) is 7.58. The zero-order valence-corrected chi connectivity index (χ0v) is 18.8. The third kappa shape index (κ3) is 4.53. The van der Waals surface area contributed by atoms with Gasteiger partial charge < -0.3 is 14.5 Å². The SMILES string of the molecule is C=C(C)OC(=O)N1CCc2c([nH]c3ccc(Cl)cc23)C1c1ccc(OCCCCl)cc1. The van der Waals surface area contributed by atoms with Gasteiger partial charge in [0.2, 0.25) is 0 Å². The van der Waals surface area contributed by atoms with Crippen LogP contribution in [0.5, 0.6) is 5.75 Å². The molecule has 4 rings (SSSR count). The van der Waals surface area contributed by atoms with Crippen molar-refractivity contribution in [3.8, 4) is 5.75 Å². The standard InChI is InChI=1S/C24H24Cl2N2O3/c1-15(2)31-24(29)28-12-10-19-20-14-17(26)6-9-21(20)27-22(19)23(28)16-4-7-18(8-5-16)30-13-3-11-25/h4-9,14,23,27H,1,3,10-13H2,2H3. The van der Waals surface area contributed by atoms with Gasteiger partial charge in [-0.25, -0.2) is 4.79 Å². The normalized spacial score (nSPS) is 15.6. The van der Waals surface area contributed by atoms with Gasteiger partial charge in [0.05, 0.1) is 12.4 Å². The Morgan fingerprint density at radius 1 is 1.26 bits per heavy atom. The van der Waals surface area contributed by atoms with Crippen LogP contribution < -0.4 is 4.74 Å². The zero-order chi connectivity index (χ0) is 22.0. The molecule has 0 bridgehead atoms. The van der Waals surface area contributed by atoms with Gasteiger partial charge in [-0.2, -0.15) is 0 Å². The summed E-state index contributed by atoms with van der Waals surface area (Å²) >= 11 is 12.0. The van der Waals surface area contributed by atoms with E-state index in [4.69, 9.17) is 32.7 Å². The Bertz CT molecular complexity index is 1110. The number of hydrogen-bond donors (Lipinski definition) is 1. The first-order chi connectivity index (χ1) is 15.0. The molecule has 1 aliphatic rings. The fourth-order valence-electron chi connectivity index (χ4n) is 4.00. The number of aromatic nitrogens is 1. The maximum Gasteiger partial charge on any atom is 0.415 e. The number of alkyl halides is 1. The molecule has 1 atom stereocenters. The summed E-state index contributed by atoms with van der Waals surface area (Å²) in [5.74, 6) is 1.69. The number of rotatable bonds is 6. The minimum atomic E-state index is -0.415. The van der Waals surface area contributed by atoms with Crippen LogP contribution in [0.2, 0.25) is 5.02 Å². The first-order valence-electron chi connectivity index (χ1n) is 10.2. The number of nitrogens with one attached hydrogen (secondary N) is 1. The van der Waals surface area contributed by atoms with Gasteiger partial charge in [0.25, 0.3) is 0 Å². The highest BCUT2D eigenvalue weighted by atomic mass is 35.5. The van der Waals surface area contributed by atoms with Crippen LogP contribution in [0.25, 0.3) is 10.9 Å². The molecule has 162 valence electrons. The summed E-state index contributed by atoms with van der Waals surface area (Å²) in [5, 5.41) is 1.77. The van der Waals surface area contributed by atoms with E-state index in [9.17, 15) is 4.79 Å². The molecule has 0 radical (unpaired) electrons. The Labute approximate surface area is 191 Å². The Hall–Kier alpha value is -2.63. The Balaban J connectivity index is 1.74. The average molecular weight is 459 g/mol. The Morgan fingerprint density at radius 3 is 2.74 bits per heavy atom. The molecule has 1 aromatic heterocycles. The van der Waals surface area contributed by atoms with Crippen LogP contribution in [0, 0.1) is 0 Å². The van der Waals surface area contributed by atoms with Gasteiger partial charge in [-0.05, 0) is 61.2 Å². The second-order valence-corrected chi connectivity index (χ2v) is 8.40. The number of H-pyrrole nitrogens is 1. The average Bonchev–Trinajstić information content (AvgIpc) is 3.11. The molecule has 1 unspecified atom stereocenters. The van der Waals surface area contributed by atoms with E-state index < -0.39 is 6.09 Å². The van der Waals surface area contributed by atoms with Crippen LogP contribution in [-0.2, 0) is 11.2 Å². The summed E-state index contributed by atoms with van der Waals surface area (Å²) in [6.45, 7) is 6.46. The number of halogens is 2. The minimum absolute atomic E-state index is 0.321. The van der Waals surface area contributed by atoms with E-state index in [1.165, 1.54) is 5.56 Å². The maximum absolute atomic E-state index is 12.9. The van der Waals surface area contributed by atoms with Crippen LogP contribution in [-0.4, -0.2) is 35.0 Å². The van der Waals surface area contributed by atoms with Crippen LogP contribution in [0.3, 0.4) is 0 Å². The van der Waals surface area contributed by atoms with Crippen molar-refractivity contribution in [3.63, 3.8) is 0 Å². The van der Waals surface area contributed by atoms with E-state index in [0.29, 0.717) is 36.2 Å². The number of allylic oxidation sites excluding steroid dienone is 1. The number of nitrogens with zero attached hydrogens (tertiary/aromatic N) is 1. The lowest BCUT2D eigenvalue weighted by Gasteiger charge is -2.35. The third-order valence-corrected chi connectivity index (χ3v) is 5.83. The van der Waals surface area contributed by atoms with Crippen LogP contribution >= 0.6 is 23.2 Å². The van der Waals surface area contributed by atoms with Crippen molar-refractivity contribution < 1.29 is 14.3 Å². The lowest BCUT2D eigenvalue weighted by Crippen LogP contribution is -2.40. The molecule has 2 aromatic carbocycles. The molecule has 0 aliphatic carbocycles. The Kier molecular flexibility index (Phi) is 6.44. The number of carbonyl (C=O) groups is 1. The summed E-state index contributed by atoms with van der Waals surface area (Å²) in [6.07, 6.45) is 1.08. The van der Waals surface area contributed by atoms with Crippen LogP contribution in [0.1, 0.15) is 36.2 Å². The maximum atomic E-state index is 12.9. The summed E-state index contributed by atoms with van der Waals surface area (Å²) in [7, 11) is 0. The molecular formula is C24H24Cl2N2O3. The van der Waals surface area contributed by atoms with Crippen molar-refractivity contribution in [1.29, 1.82) is 0 Å². The fraction of sp³-hybridized carbons (Fsp3) is 0.292. The predicted octanol–water partition coefficient (Wildman–Crippen LogP) is 6.45. The minimum Gasteiger partial charge on any atom is -0.494 e. The number of fused-ring (bicyclic) bond motifs is 3. The predicted molar refractivity (Wildman–Crippen MR) is 124 cm³/mol. The number of ether oxygens (including phenoxy) is 2. The van der Waals surface area contributed by atoms with Crippen molar-refractivity contribution in [2.24, 2.45) is 0 Å². The second kappa shape index (κ2) is 9.25. The molecule has 0 saturated heterocycles. The summed E-state index contributed by atoms with van der Waals surface area (Å²) in [4.78, 5) is 18.1. The number of hydrogen-bond acceptors (Lipinski definition) is 3. The third-order valence-electron chi connectivity index (χ3n) is 5.33. The molecule has 7 heteroatoms. The molecule has 1 amide bonds. The van der Waals surface area contributed by atoms with Gasteiger partial charge in [-0.1, -0.05) is 30.3 Å². The van der Waals surface area contributed by atoms with E-state index >= 15 is 0 Å². The summed E-state index contributed by atoms with van der Waals surface area (Å²) in [5.41, 5.74) is 4.10. The van der Waals surface area contributed by atoms with Crippen LogP contribution in [0.4, 0.5) is 4.79 Å². The molecule has 0 fully saturated rings. The van der Waals surface area contributed by atoms with Gasteiger partial charge in [0, 0.05) is 34.0 Å². The van der Waals surface area contributed by atoms with Gasteiger partial charge in [-0.15, -0.1) is 11.6 Å². The zero-order valence-electron chi connectivity index (χ0n) is 17.3. The highest BCUT2D eigenvalue weighted by Crippen LogP contribution is 2.39. The van der Waals surface area contributed by atoms with Gasteiger partial charge in [0.15, 0.2) is 0 Å². The fourth-order valence-corrected chi connectivity index (χ4v) is 4.28. The molecular weight excluding hydrogens is 435 g/mol. The molecule has 1 N–H and O–H groups in total. The number of benzene rings is 2. The van der Waals surface area contributed by atoms with Crippen molar-refractivity contribution >= 4 is 40.2 Å². The molecule has 0 saturated carbocycles. The molecule has 0 spiro atoms. The monoisotopic (exact) mass is 458 g/mol. The van der Waals surface area contributed by atoms with Crippen molar-refractivity contribution in [2.45, 2.75) is 25.8 Å². The van der Waals surface area contributed by atoms with E-state index in [1.54, 1.807) is 11.8 Å². The molecule has 5 nitrogen and oxygen atoms in total. The van der Waals surface area contributed by atoms with E-state index in [0.717, 1.165) is 34.3 Å². The topological polar surface area (TPSA) is 54.6 Å². The largest absolute Gasteiger partial charge is 0.494 e. The highest BCUT2D eigenvalue weighted by molar-refractivity contribution is 6.31. The first kappa shape index (κ1) is 21.6. The molecule has 3 aromatic rings. The van der Waals surface area contributed by atoms with Gasteiger partial charge in [-0.3, -0.25) is 4.90 Å². The van der Waals surface area contributed by atoms with Gasteiger partial charge in [0.1, 0.15) is 11.8 Å². The van der Waals surface area contributed by atoms with Crippen LogP contribution in [0.15, 0.2) is 54.8 Å². The van der Waals surface area contributed by atoms with Crippen molar-refractivity contribution in [1.82, 2.24) is 9.88 Å². The van der Waals surface area contributed by atoms with Crippen molar-refractivity contribution in [3.05, 3.63) is 76.6 Å². The van der Waals surface area contributed by atoms with Gasteiger partial charge >= 0.3 is 6.09 Å². The quantitative estimate of drug-likeness (QED) is 0.262. The smallest absolute Gasteiger partial charge is 0.415 e. The van der Waals surface area contributed by atoms with Crippen molar-refractivity contribution in [2.75, 3.05) is 19.0 Å². The lowest BCUT2D eigenvalue weighted by molar-refractivity contribution is 0.113. The van der Waals surface area contributed by atoms with E-state index in [-0.39, 0.29) is 6.04 Å². The summed E-state index contributed by atoms with van der Waals surface area (Å²) < 4.78 is 11.1. The highest BCUT2D eigenvalue weighted by Gasteiger charge is 2.35. The van der Waals surface area contributed by atoms with E-state index in [1.807, 2.05) is 42.5 Å². The number of carbonyl (C=O) groups excluding carboxylic acids is 1. The molecule has 31 heavy (non-hydrogen) atoms. The lowest BCUT2D eigenvalue weighted by atomic mass is 9.92. The molecule has 1 aliphatic heterocycles.